The van der Waals surface area contributed by atoms with Gasteiger partial charge in [0.1, 0.15) is 5.60 Å². The minimum absolute atomic E-state index is 0.0896. The van der Waals surface area contributed by atoms with E-state index in [2.05, 4.69) is 14.5 Å². The molecule has 0 aliphatic rings. The van der Waals surface area contributed by atoms with Crippen LogP contribution in [0.15, 0.2) is 18.3 Å². The van der Waals surface area contributed by atoms with Crippen molar-refractivity contribution in [2.75, 3.05) is 7.11 Å². The van der Waals surface area contributed by atoms with Crippen LogP contribution in [0, 0.1) is 0 Å². The Hall–Kier alpha value is -2.25. The minimum Gasteiger partial charge on any atom is -0.468 e. The van der Waals surface area contributed by atoms with E-state index >= 15 is 0 Å². The van der Waals surface area contributed by atoms with Crippen LogP contribution in [0.3, 0.4) is 0 Å². The summed E-state index contributed by atoms with van der Waals surface area (Å²) in [6.07, 6.45) is 1.15. The monoisotopic (exact) mass is 317 g/mol. The predicted molar refractivity (Wildman–Crippen MR) is 71.5 cm³/mol. The standard InChI is InChI=1S/C14H17F2NO5/c1-14(2,3)22-12(19)10(11(18)20-4)8-5-6-17-9(7-8)21-13(15)16/h5-7,10,13H,1-4H3. The second kappa shape index (κ2) is 7.15. The van der Waals surface area contributed by atoms with E-state index in [-0.39, 0.29) is 5.56 Å². The van der Waals surface area contributed by atoms with Crippen LogP contribution in [0.2, 0.25) is 0 Å². The number of carbonyl (C=O) groups excluding carboxylic acids is 2. The number of nitrogens with zero attached hydrogens (tertiary/aromatic N) is 1. The number of hydrogen-bond donors (Lipinski definition) is 0. The fourth-order valence-electron chi connectivity index (χ4n) is 1.61. The zero-order valence-electron chi connectivity index (χ0n) is 12.6. The van der Waals surface area contributed by atoms with E-state index in [1.165, 1.54) is 6.07 Å². The van der Waals surface area contributed by atoms with Crippen molar-refractivity contribution in [2.24, 2.45) is 0 Å². The highest BCUT2D eigenvalue weighted by atomic mass is 19.3. The molecule has 122 valence electrons. The smallest absolute Gasteiger partial charge is 0.388 e. The van der Waals surface area contributed by atoms with Gasteiger partial charge in [-0.15, -0.1) is 0 Å². The lowest BCUT2D eigenvalue weighted by Crippen LogP contribution is -2.32. The van der Waals surface area contributed by atoms with Crippen LogP contribution in [0.1, 0.15) is 32.3 Å². The number of methoxy groups -OCH3 is 1. The topological polar surface area (TPSA) is 74.7 Å². The molecule has 0 amide bonds. The lowest BCUT2D eigenvalue weighted by molar-refractivity contribution is -0.163. The molecule has 22 heavy (non-hydrogen) atoms. The van der Waals surface area contributed by atoms with Gasteiger partial charge in [-0.2, -0.15) is 8.78 Å². The molecule has 8 heteroatoms. The van der Waals surface area contributed by atoms with Gasteiger partial charge in [0.25, 0.3) is 0 Å². The molecule has 1 aromatic heterocycles. The Bertz CT molecular complexity index is 542. The third kappa shape index (κ3) is 5.27. The number of rotatable bonds is 5. The van der Waals surface area contributed by atoms with Crippen molar-refractivity contribution >= 4 is 11.9 Å². The van der Waals surface area contributed by atoms with E-state index in [0.29, 0.717) is 0 Å². The quantitative estimate of drug-likeness (QED) is 0.613. The molecule has 0 saturated heterocycles. The molecule has 6 nitrogen and oxygen atoms in total. The molecule has 1 atom stereocenters. The van der Waals surface area contributed by atoms with Crippen LogP contribution in [0.4, 0.5) is 8.78 Å². The van der Waals surface area contributed by atoms with Gasteiger partial charge >= 0.3 is 18.6 Å². The normalized spacial score (nSPS) is 12.7. The Kier molecular flexibility index (Phi) is 5.78. The van der Waals surface area contributed by atoms with Gasteiger partial charge in [-0.3, -0.25) is 9.59 Å². The van der Waals surface area contributed by atoms with E-state index in [0.717, 1.165) is 19.4 Å². The summed E-state index contributed by atoms with van der Waals surface area (Å²) in [7, 11) is 1.11. The van der Waals surface area contributed by atoms with Crippen LogP contribution in [0.25, 0.3) is 0 Å². The summed E-state index contributed by atoms with van der Waals surface area (Å²) in [5, 5.41) is 0. The maximum atomic E-state index is 12.2. The SMILES string of the molecule is COC(=O)C(C(=O)OC(C)(C)C)c1ccnc(OC(F)F)c1. The molecule has 0 aliphatic heterocycles. The summed E-state index contributed by atoms with van der Waals surface area (Å²) in [5.74, 6) is -3.55. The van der Waals surface area contributed by atoms with Crippen LogP contribution in [0.5, 0.6) is 5.88 Å². The Morgan fingerprint density at radius 1 is 1.23 bits per heavy atom. The Morgan fingerprint density at radius 3 is 2.36 bits per heavy atom. The molecule has 0 N–H and O–H groups in total. The van der Waals surface area contributed by atoms with Gasteiger partial charge in [0.2, 0.25) is 5.88 Å². The van der Waals surface area contributed by atoms with Crippen molar-refractivity contribution < 1.29 is 32.6 Å². The van der Waals surface area contributed by atoms with E-state index < -0.39 is 35.9 Å². The predicted octanol–water partition coefficient (Wildman–Crippen LogP) is 2.28. The molecule has 0 aromatic carbocycles. The molecule has 0 fully saturated rings. The molecule has 0 saturated carbocycles. The number of halogens is 2. The highest BCUT2D eigenvalue weighted by Crippen LogP contribution is 2.24. The summed E-state index contributed by atoms with van der Waals surface area (Å²) in [4.78, 5) is 27.6. The zero-order chi connectivity index (χ0) is 16.9. The Labute approximate surface area is 126 Å². The maximum Gasteiger partial charge on any atom is 0.388 e. The highest BCUT2D eigenvalue weighted by Gasteiger charge is 2.34. The molecule has 1 unspecified atom stereocenters. The molecule has 0 spiro atoms. The van der Waals surface area contributed by atoms with E-state index in [1.54, 1.807) is 20.8 Å². The van der Waals surface area contributed by atoms with Gasteiger partial charge in [-0.05, 0) is 32.4 Å². The minimum atomic E-state index is -3.07. The highest BCUT2D eigenvalue weighted by molar-refractivity contribution is 6.00. The van der Waals surface area contributed by atoms with Gasteiger partial charge in [-0.25, -0.2) is 4.98 Å². The van der Waals surface area contributed by atoms with Crippen LogP contribution < -0.4 is 4.74 Å². The van der Waals surface area contributed by atoms with Crippen molar-refractivity contribution in [1.29, 1.82) is 0 Å². The molecule has 1 heterocycles. The van der Waals surface area contributed by atoms with Crippen molar-refractivity contribution in [3.8, 4) is 5.88 Å². The first-order valence-corrected chi connectivity index (χ1v) is 6.35. The second-order valence-electron chi connectivity index (χ2n) is 5.30. The summed E-state index contributed by atoms with van der Waals surface area (Å²) < 4.78 is 38.3. The van der Waals surface area contributed by atoms with Gasteiger partial charge in [0, 0.05) is 12.3 Å². The molecule has 0 radical (unpaired) electrons. The second-order valence-corrected chi connectivity index (χ2v) is 5.30. The lowest BCUT2D eigenvalue weighted by Gasteiger charge is -2.23. The molecular formula is C14H17F2NO5. The van der Waals surface area contributed by atoms with Crippen molar-refractivity contribution in [1.82, 2.24) is 4.98 Å². The molecule has 0 bridgehead atoms. The first-order valence-electron chi connectivity index (χ1n) is 6.35. The average molecular weight is 317 g/mol. The summed E-state index contributed by atoms with van der Waals surface area (Å²) in [6.45, 7) is 1.84. The lowest BCUT2D eigenvalue weighted by atomic mass is 10.00. The Morgan fingerprint density at radius 2 is 1.86 bits per heavy atom. The zero-order valence-corrected chi connectivity index (χ0v) is 12.6. The first kappa shape index (κ1) is 17.8. The van der Waals surface area contributed by atoms with Crippen LogP contribution >= 0.6 is 0 Å². The molecule has 1 aromatic rings. The maximum absolute atomic E-state index is 12.2. The first-order chi connectivity index (χ1) is 10.1. The van der Waals surface area contributed by atoms with Gasteiger partial charge < -0.3 is 14.2 Å². The van der Waals surface area contributed by atoms with Crippen molar-refractivity contribution in [3.05, 3.63) is 23.9 Å². The Balaban J connectivity index is 3.12. The molecule has 0 aliphatic carbocycles. The number of pyridine rings is 1. The third-order valence-corrected chi connectivity index (χ3v) is 2.38. The van der Waals surface area contributed by atoms with Crippen LogP contribution in [-0.4, -0.2) is 36.2 Å². The molecular weight excluding hydrogens is 300 g/mol. The van der Waals surface area contributed by atoms with Crippen molar-refractivity contribution in [2.45, 2.75) is 38.9 Å². The number of alkyl halides is 2. The third-order valence-electron chi connectivity index (χ3n) is 2.38. The number of carbonyl (C=O) groups is 2. The van der Waals surface area contributed by atoms with E-state index in [4.69, 9.17) is 4.74 Å². The van der Waals surface area contributed by atoms with Gasteiger partial charge in [0.05, 0.1) is 7.11 Å². The summed E-state index contributed by atoms with van der Waals surface area (Å²) in [6, 6.07) is 2.39. The number of ether oxygens (including phenoxy) is 3. The van der Waals surface area contributed by atoms with Gasteiger partial charge in [-0.1, -0.05) is 0 Å². The number of aromatic nitrogens is 1. The number of esters is 2. The van der Waals surface area contributed by atoms with E-state index in [9.17, 15) is 18.4 Å². The summed E-state index contributed by atoms with van der Waals surface area (Å²) in [5.41, 5.74) is -0.731. The fourth-order valence-corrected chi connectivity index (χ4v) is 1.61. The average Bonchev–Trinajstić information content (AvgIpc) is 2.36. The van der Waals surface area contributed by atoms with Gasteiger partial charge in [0.15, 0.2) is 5.92 Å². The summed E-state index contributed by atoms with van der Waals surface area (Å²) >= 11 is 0. The fraction of sp³-hybridized carbons (Fsp3) is 0.500. The van der Waals surface area contributed by atoms with Crippen molar-refractivity contribution in [3.63, 3.8) is 0 Å². The number of hydrogen-bond acceptors (Lipinski definition) is 6. The van der Waals surface area contributed by atoms with E-state index in [1.807, 2.05) is 0 Å². The van der Waals surface area contributed by atoms with Crippen LogP contribution in [-0.2, 0) is 19.1 Å². The largest absolute Gasteiger partial charge is 0.468 e. The molecule has 1 rings (SSSR count).